The molecule has 0 spiro atoms. The number of anilines is 18. The minimum absolute atomic E-state index is 0.0665. The molecular weight excluding hydrogens is 1090 g/mol. The Hall–Kier alpha value is -9.78. The maximum absolute atomic E-state index is 5.84. The molecule has 31 N–H and O–H groups in total. The van der Waals surface area contributed by atoms with Gasteiger partial charge in [0.2, 0.25) is 107 Å². The summed E-state index contributed by atoms with van der Waals surface area (Å²) in [6.07, 6.45) is 0. The zero-order valence-corrected chi connectivity index (χ0v) is 46.9. The zero-order chi connectivity index (χ0) is 59.4. The molecule has 6 aromatic rings. The Kier molecular flexibility index (Phi) is 27.6. The Bertz CT molecular complexity index is 2830. The summed E-state index contributed by atoms with van der Waals surface area (Å²) < 4.78 is 0. The molecule has 84 heavy (non-hydrogen) atoms. The normalized spacial score (nSPS) is 10.8. The fraction of sp³-hybridized carbons (Fsp3) is 0.571. The van der Waals surface area contributed by atoms with Gasteiger partial charge in [-0.3, -0.25) is 0 Å². The first-order valence-electron chi connectivity index (χ1n) is 27.3. The van der Waals surface area contributed by atoms with Crippen LogP contribution in [0.3, 0.4) is 0 Å². The van der Waals surface area contributed by atoms with Gasteiger partial charge in [0, 0.05) is 151 Å². The van der Waals surface area contributed by atoms with Gasteiger partial charge in [0.25, 0.3) is 0 Å². The van der Waals surface area contributed by atoms with Crippen LogP contribution in [-0.4, -0.2) is 240 Å². The van der Waals surface area contributed by atoms with E-state index in [2.05, 4.69) is 180 Å². The molecule has 0 saturated carbocycles. The van der Waals surface area contributed by atoms with Crippen molar-refractivity contribution in [3.63, 3.8) is 0 Å². The van der Waals surface area contributed by atoms with Crippen LogP contribution in [0.2, 0.25) is 0 Å². The Morgan fingerprint density at radius 3 is 0.440 bits per heavy atom. The number of nitrogens with two attached hydrogens (primary N) is 7. The van der Waals surface area contributed by atoms with Gasteiger partial charge in [-0.2, -0.15) is 89.7 Å². The average molecular weight is 1170 g/mol. The van der Waals surface area contributed by atoms with Gasteiger partial charge >= 0.3 is 0 Å². The maximum atomic E-state index is 5.84. The van der Waals surface area contributed by atoms with Crippen LogP contribution in [0.25, 0.3) is 0 Å². The van der Waals surface area contributed by atoms with Crippen LogP contribution in [0.1, 0.15) is 6.92 Å². The van der Waals surface area contributed by atoms with Crippen molar-refractivity contribution in [2.45, 2.75) is 6.92 Å². The third-order valence-corrected chi connectivity index (χ3v) is 10.2. The summed E-state index contributed by atoms with van der Waals surface area (Å²) in [6.45, 7) is 11.6. The standard InChI is InChI=1S/C42H80N42/c1-2-50-26-69-29(52-10-4-44)72-34(70-26)58-17-18-60-36-75-31(54-12-6-46)76-38(82-36)62-21-22-64-40-79-33(56-14-8-48)80-42(84-40)66-24-23-65-41-78-32(55-13-7-47)77-39(83-41)63-20-19-61-37-74-30(53-11-5-45)73-35(81-37)59-16-15-57-28-68-25(49)67-27(71-28)51-9-3-43/h2-24,43-48H2,1H3,(H4,49,51,57,67,68,71)(H3,50,52,58,69,70,72)(H3,53,59,61,73,74,81)(H3,54,60,62,75,76,82)(H3,55,63,65,77,78,83)(H3,56,64,66,79,80,84). The van der Waals surface area contributed by atoms with Gasteiger partial charge in [-0.25, -0.2) is 0 Å². The lowest BCUT2D eigenvalue weighted by molar-refractivity contribution is 0.919. The van der Waals surface area contributed by atoms with Crippen LogP contribution in [0, 0.1) is 0 Å². The van der Waals surface area contributed by atoms with Crippen LogP contribution in [0.4, 0.5) is 107 Å². The average Bonchev–Trinajstić information content (AvgIpc) is 3.54. The van der Waals surface area contributed by atoms with Crippen molar-refractivity contribution in [1.82, 2.24) is 89.7 Å². The van der Waals surface area contributed by atoms with Gasteiger partial charge in [0.1, 0.15) is 0 Å². The molecule has 6 aromatic heterocycles. The molecule has 0 radical (unpaired) electrons. The van der Waals surface area contributed by atoms with Crippen molar-refractivity contribution in [2.75, 3.05) is 247 Å². The third-order valence-electron chi connectivity index (χ3n) is 10.2. The molecule has 42 heteroatoms. The minimum Gasteiger partial charge on any atom is -0.368 e. The third kappa shape index (κ3) is 23.7. The van der Waals surface area contributed by atoms with E-state index < -0.39 is 0 Å². The molecule has 458 valence electrons. The first-order valence-corrected chi connectivity index (χ1v) is 27.3. The van der Waals surface area contributed by atoms with E-state index in [1.165, 1.54) is 0 Å². The molecule has 0 saturated heterocycles. The van der Waals surface area contributed by atoms with E-state index >= 15 is 0 Å². The van der Waals surface area contributed by atoms with Gasteiger partial charge in [-0.05, 0) is 6.92 Å². The molecule has 6 heterocycles. The Labute approximate surface area is 483 Å². The molecule has 0 fully saturated rings. The van der Waals surface area contributed by atoms with Gasteiger partial charge in [0.05, 0.1) is 0 Å². The lowest BCUT2D eigenvalue weighted by Gasteiger charge is -2.14. The molecule has 6 rings (SSSR count). The van der Waals surface area contributed by atoms with Crippen LogP contribution in [0.5, 0.6) is 0 Å². The lowest BCUT2D eigenvalue weighted by Crippen LogP contribution is -2.23. The number of hydrogen-bond acceptors (Lipinski definition) is 42. The molecule has 0 aliphatic heterocycles. The van der Waals surface area contributed by atoms with E-state index in [4.69, 9.17) is 40.1 Å². The smallest absolute Gasteiger partial charge is 0.229 e. The van der Waals surface area contributed by atoms with Crippen molar-refractivity contribution in [3.05, 3.63) is 0 Å². The van der Waals surface area contributed by atoms with Crippen molar-refractivity contribution in [1.29, 1.82) is 0 Å². The van der Waals surface area contributed by atoms with E-state index in [-0.39, 0.29) is 5.95 Å². The van der Waals surface area contributed by atoms with Gasteiger partial charge < -0.3 is 131 Å². The second-order valence-corrected chi connectivity index (χ2v) is 17.0. The minimum atomic E-state index is 0.0665. The van der Waals surface area contributed by atoms with Crippen molar-refractivity contribution in [3.8, 4) is 0 Å². The topological polar surface area (TPSA) is 619 Å². The van der Waals surface area contributed by atoms with Crippen LogP contribution >= 0.6 is 0 Å². The molecule has 42 nitrogen and oxygen atoms in total. The first kappa shape index (κ1) is 63.4. The number of aromatic nitrogens is 18. The molecular formula is C42H80N42. The summed E-state index contributed by atoms with van der Waals surface area (Å²) in [5, 5.41) is 53.6. The van der Waals surface area contributed by atoms with Crippen molar-refractivity contribution >= 4 is 107 Å². The number of nitrogens with zero attached hydrogens (tertiary/aromatic N) is 18. The summed E-state index contributed by atoms with van der Waals surface area (Å²) >= 11 is 0. The second kappa shape index (κ2) is 36.5. The summed E-state index contributed by atoms with van der Waals surface area (Å²) in [6, 6.07) is 0. The van der Waals surface area contributed by atoms with E-state index in [9.17, 15) is 0 Å². The van der Waals surface area contributed by atoms with Crippen molar-refractivity contribution in [2.24, 2.45) is 34.4 Å². The van der Waals surface area contributed by atoms with E-state index in [0.29, 0.717) is 252 Å². The maximum Gasteiger partial charge on any atom is 0.229 e. The van der Waals surface area contributed by atoms with Gasteiger partial charge in [0.15, 0.2) is 0 Å². The highest BCUT2D eigenvalue weighted by molar-refractivity contribution is 5.48. The Morgan fingerprint density at radius 1 is 0.190 bits per heavy atom. The van der Waals surface area contributed by atoms with E-state index in [0.717, 1.165) is 0 Å². The number of nitrogens with one attached hydrogen (secondary N) is 17. The summed E-state index contributed by atoms with van der Waals surface area (Å²) in [4.78, 5) is 79.9. The predicted molar refractivity (Wildman–Crippen MR) is 328 cm³/mol. The molecule has 0 bridgehead atoms. The highest BCUT2D eigenvalue weighted by Gasteiger charge is 2.13. The molecule has 0 aliphatic carbocycles. The molecule has 0 atom stereocenters. The fourth-order valence-electron chi connectivity index (χ4n) is 6.62. The highest BCUT2D eigenvalue weighted by Crippen LogP contribution is 2.15. The highest BCUT2D eigenvalue weighted by atomic mass is 15.3. The van der Waals surface area contributed by atoms with Gasteiger partial charge in [-0.15, -0.1) is 0 Å². The summed E-state index contributed by atoms with van der Waals surface area (Å²) in [5.41, 5.74) is 40.1. The monoisotopic (exact) mass is 1170 g/mol. The Balaban J connectivity index is 0.981. The van der Waals surface area contributed by atoms with Crippen LogP contribution in [0.15, 0.2) is 0 Å². The lowest BCUT2D eigenvalue weighted by atomic mass is 10.5. The second-order valence-electron chi connectivity index (χ2n) is 17.0. The Morgan fingerprint density at radius 2 is 0.310 bits per heavy atom. The van der Waals surface area contributed by atoms with Crippen molar-refractivity contribution < 1.29 is 0 Å². The quantitative estimate of drug-likeness (QED) is 0.0159. The van der Waals surface area contributed by atoms with Crippen LogP contribution in [-0.2, 0) is 0 Å². The van der Waals surface area contributed by atoms with E-state index in [1.54, 1.807) is 0 Å². The van der Waals surface area contributed by atoms with Crippen LogP contribution < -0.4 is 131 Å². The van der Waals surface area contributed by atoms with Gasteiger partial charge in [-0.1, -0.05) is 0 Å². The zero-order valence-electron chi connectivity index (χ0n) is 46.9. The number of nitrogen functional groups attached to an aromatic ring is 1. The molecule has 0 aromatic carbocycles. The predicted octanol–water partition coefficient (Wildman–Crippen LogP) is -5.35. The first-order chi connectivity index (χ1) is 41.2. The number of rotatable bonds is 45. The SMILES string of the molecule is CCNc1nc(NCCN)nc(NCCNc2nc(NCCN)nc(NCCNc3nc(NCCN)nc(NCCNc4nc(NCCN)nc(NCCNc5nc(NCCN)nc(NCCNc6nc(N)nc(NCCN)n6)n5)n4)n3)n2)n1. The van der Waals surface area contributed by atoms with E-state index in [1.807, 2.05) is 6.92 Å². The fourth-order valence-corrected chi connectivity index (χ4v) is 6.62. The molecule has 0 aliphatic rings. The number of hydrogen-bond donors (Lipinski definition) is 24. The molecule has 0 amide bonds. The largest absolute Gasteiger partial charge is 0.368 e. The summed E-state index contributed by atoms with van der Waals surface area (Å²) in [5.74, 6) is 5.77. The molecule has 0 unspecified atom stereocenters. The summed E-state index contributed by atoms with van der Waals surface area (Å²) in [7, 11) is 0.